The maximum Gasteiger partial charge on any atom is 0.262 e. The van der Waals surface area contributed by atoms with Gasteiger partial charge in [-0.2, -0.15) is 5.10 Å². The van der Waals surface area contributed by atoms with Gasteiger partial charge in [0, 0.05) is 30.4 Å². The van der Waals surface area contributed by atoms with E-state index in [0.29, 0.717) is 5.82 Å². The summed E-state index contributed by atoms with van der Waals surface area (Å²) in [6.45, 7) is 2.42. The molecule has 1 N–H and O–H groups in total. The van der Waals surface area contributed by atoms with E-state index in [1.807, 2.05) is 31.4 Å². The van der Waals surface area contributed by atoms with Crippen LogP contribution in [-0.2, 0) is 11.8 Å². The van der Waals surface area contributed by atoms with Crippen LogP contribution in [-0.4, -0.2) is 26.3 Å². The van der Waals surface area contributed by atoms with Crippen LogP contribution in [0.15, 0.2) is 42.9 Å². The Hall–Kier alpha value is -2.76. The first-order chi connectivity index (χ1) is 10.8. The highest BCUT2D eigenvalue weighted by atomic mass is 19.1. The van der Waals surface area contributed by atoms with E-state index in [9.17, 15) is 9.18 Å². The van der Waals surface area contributed by atoms with Crippen LogP contribution in [0.2, 0.25) is 0 Å². The van der Waals surface area contributed by atoms with Crippen molar-refractivity contribution in [3.63, 3.8) is 0 Å². The smallest absolute Gasteiger partial charge is 0.262 e. The van der Waals surface area contributed by atoms with Crippen LogP contribution in [0.5, 0.6) is 0 Å². The van der Waals surface area contributed by atoms with Gasteiger partial charge in [0.2, 0.25) is 0 Å². The largest absolute Gasteiger partial charge is 0.308 e. The number of aromatic nitrogens is 3. The molecule has 0 saturated heterocycles. The lowest BCUT2D eigenvalue weighted by atomic mass is 10.0. The summed E-state index contributed by atoms with van der Waals surface area (Å²) >= 11 is 0. The van der Waals surface area contributed by atoms with Crippen molar-refractivity contribution < 1.29 is 9.18 Å². The van der Waals surface area contributed by atoms with Gasteiger partial charge in [-0.15, -0.1) is 0 Å². The fourth-order valence-electron chi connectivity index (χ4n) is 2.22. The summed E-state index contributed by atoms with van der Waals surface area (Å²) in [5, 5.41) is 8.51. The molecule has 0 atom stereocenters. The lowest BCUT2D eigenvalue weighted by molar-refractivity contribution is -0.125. The number of alkyl halides is 1. The molecule has 3 rings (SSSR count). The lowest BCUT2D eigenvalue weighted by Crippen LogP contribution is -2.32. The average molecular weight is 312 g/mol. The van der Waals surface area contributed by atoms with E-state index in [1.54, 1.807) is 23.1 Å². The Balaban J connectivity index is 1.96. The Bertz CT molecular complexity index is 880. The molecule has 0 spiro atoms. The maximum absolute atomic E-state index is 13.6. The number of carbonyl (C=O) groups is 1. The van der Waals surface area contributed by atoms with Gasteiger partial charge in [0.15, 0.2) is 5.67 Å². The van der Waals surface area contributed by atoms with Crippen LogP contribution >= 0.6 is 0 Å². The summed E-state index contributed by atoms with van der Waals surface area (Å²) < 4.78 is 15.4. The van der Waals surface area contributed by atoms with Crippen molar-refractivity contribution in [2.24, 2.45) is 7.05 Å². The number of nitrogens with one attached hydrogen (secondary N) is 1. The number of pyridine rings is 1. The minimum absolute atomic E-state index is 0.330. The Morgan fingerprint density at radius 2 is 1.96 bits per heavy atom. The summed E-state index contributed by atoms with van der Waals surface area (Å²) in [7, 11) is 1.86. The van der Waals surface area contributed by atoms with Crippen molar-refractivity contribution in [2.75, 3.05) is 5.32 Å². The third-order valence-corrected chi connectivity index (χ3v) is 3.54. The number of hydrogen-bond acceptors (Lipinski definition) is 3. The van der Waals surface area contributed by atoms with Crippen molar-refractivity contribution in [1.29, 1.82) is 0 Å². The van der Waals surface area contributed by atoms with E-state index in [-0.39, 0.29) is 0 Å². The molecule has 0 fully saturated rings. The number of aryl methyl sites for hydroxylation is 1. The summed E-state index contributed by atoms with van der Waals surface area (Å²) in [4.78, 5) is 15.9. The van der Waals surface area contributed by atoms with Crippen LogP contribution < -0.4 is 5.32 Å². The molecule has 1 aromatic carbocycles. The number of carbonyl (C=O) groups excluding carboxylic acids is 1. The first-order valence-electron chi connectivity index (χ1n) is 7.22. The fourth-order valence-corrected chi connectivity index (χ4v) is 2.22. The number of nitrogens with zero attached hydrogens (tertiary/aromatic N) is 3. The summed E-state index contributed by atoms with van der Waals surface area (Å²) in [5.41, 5.74) is 0.0652. The molecule has 118 valence electrons. The normalized spacial score (nSPS) is 11.7. The van der Waals surface area contributed by atoms with Gasteiger partial charge >= 0.3 is 0 Å². The van der Waals surface area contributed by atoms with Crippen LogP contribution in [0.3, 0.4) is 0 Å². The van der Waals surface area contributed by atoms with Crippen molar-refractivity contribution in [3.8, 4) is 11.1 Å². The summed E-state index contributed by atoms with van der Waals surface area (Å²) in [6, 6.07) is 7.67. The van der Waals surface area contributed by atoms with Crippen LogP contribution in [0, 0.1) is 0 Å². The highest BCUT2D eigenvalue weighted by molar-refractivity contribution is 5.97. The molecule has 1 amide bonds. The second-order valence-electron chi connectivity index (χ2n) is 5.96. The summed E-state index contributed by atoms with van der Waals surface area (Å²) in [6.07, 6.45) is 5.37. The lowest BCUT2D eigenvalue weighted by Gasteiger charge is -2.13. The molecule has 0 unspecified atom stereocenters. The molecule has 0 saturated carbocycles. The molecule has 0 aliphatic carbocycles. The number of benzene rings is 1. The standard InChI is InChI=1S/C17H17FN4O/c1-17(2,18)16(23)21-15-7-13-6-11(4-5-12(13)8-19-15)14-9-20-22(3)10-14/h4-10H,1-3H3,(H,19,21,23). The van der Waals surface area contributed by atoms with Gasteiger partial charge in [-0.05, 0) is 36.9 Å². The van der Waals surface area contributed by atoms with Crippen molar-refractivity contribution >= 4 is 22.5 Å². The molecule has 2 aromatic heterocycles. The Labute approximate surface area is 133 Å². The highest BCUT2D eigenvalue weighted by Crippen LogP contribution is 2.25. The predicted molar refractivity (Wildman–Crippen MR) is 87.8 cm³/mol. The first kappa shape index (κ1) is 15.1. The molecule has 3 aromatic rings. The zero-order chi connectivity index (χ0) is 16.6. The van der Waals surface area contributed by atoms with E-state index < -0.39 is 11.6 Å². The zero-order valence-corrected chi connectivity index (χ0v) is 13.2. The topological polar surface area (TPSA) is 59.8 Å². The number of anilines is 1. The maximum atomic E-state index is 13.6. The predicted octanol–water partition coefficient (Wildman–Crippen LogP) is 3.32. The van der Waals surface area contributed by atoms with Gasteiger partial charge in [0.05, 0.1) is 6.20 Å². The fraction of sp³-hybridized carbons (Fsp3) is 0.235. The molecular formula is C17H17FN4O. The van der Waals surface area contributed by atoms with E-state index in [0.717, 1.165) is 21.9 Å². The molecule has 6 heteroatoms. The molecular weight excluding hydrogens is 295 g/mol. The number of halogens is 1. The molecule has 0 bridgehead atoms. The summed E-state index contributed by atoms with van der Waals surface area (Å²) in [5.74, 6) is -0.385. The molecule has 2 heterocycles. The van der Waals surface area contributed by atoms with Gasteiger partial charge < -0.3 is 5.32 Å². The SMILES string of the molecule is Cn1cc(-c2ccc3cnc(NC(=O)C(C)(C)F)cc3c2)cn1. The Kier molecular flexibility index (Phi) is 3.60. The zero-order valence-electron chi connectivity index (χ0n) is 13.2. The van der Waals surface area contributed by atoms with Gasteiger partial charge in [-0.1, -0.05) is 12.1 Å². The van der Waals surface area contributed by atoms with Crippen molar-refractivity contribution in [3.05, 3.63) is 42.9 Å². The van der Waals surface area contributed by atoms with Gasteiger partial charge in [-0.3, -0.25) is 9.48 Å². The average Bonchev–Trinajstić information content (AvgIpc) is 2.92. The number of rotatable bonds is 3. The minimum atomic E-state index is -1.95. The third kappa shape index (κ3) is 3.21. The van der Waals surface area contributed by atoms with Crippen LogP contribution in [0.1, 0.15) is 13.8 Å². The number of fused-ring (bicyclic) bond motifs is 1. The van der Waals surface area contributed by atoms with E-state index in [2.05, 4.69) is 15.4 Å². The van der Waals surface area contributed by atoms with Gasteiger partial charge in [0.1, 0.15) is 5.82 Å². The quantitative estimate of drug-likeness (QED) is 0.807. The third-order valence-electron chi connectivity index (χ3n) is 3.54. The van der Waals surface area contributed by atoms with Crippen molar-refractivity contribution in [1.82, 2.24) is 14.8 Å². The molecule has 0 aliphatic rings. The highest BCUT2D eigenvalue weighted by Gasteiger charge is 2.26. The Morgan fingerprint density at radius 1 is 1.17 bits per heavy atom. The molecule has 0 radical (unpaired) electrons. The number of hydrogen-bond donors (Lipinski definition) is 1. The minimum Gasteiger partial charge on any atom is -0.308 e. The van der Waals surface area contributed by atoms with E-state index in [4.69, 9.17) is 0 Å². The monoisotopic (exact) mass is 312 g/mol. The van der Waals surface area contributed by atoms with Gasteiger partial charge in [0.25, 0.3) is 5.91 Å². The number of amides is 1. The molecule has 5 nitrogen and oxygen atoms in total. The van der Waals surface area contributed by atoms with Crippen LogP contribution in [0.4, 0.5) is 10.2 Å². The van der Waals surface area contributed by atoms with E-state index in [1.165, 1.54) is 13.8 Å². The molecule has 23 heavy (non-hydrogen) atoms. The van der Waals surface area contributed by atoms with E-state index >= 15 is 0 Å². The Morgan fingerprint density at radius 3 is 2.61 bits per heavy atom. The van der Waals surface area contributed by atoms with Crippen LogP contribution in [0.25, 0.3) is 21.9 Å². The van der Waals surface area contributed by atoms with Gasteiger partial charge in [-0.25, -0.2) is 9.37 Å². The second kappa shape index (κ2) is 5.46. The molecule has 0 aliphatic heterocycles. The second-order valence-corrected chi connectivity index (χ2v) is 5.96. The van der Waals surface area contributed by atoms with Crippen molar-refractivity contribution in [2.45, 2.75) is 19.5 Å². The first-order valence-corrected chi connectivity index (χ1v) is 7.22.